The smallest absolute Gasteiger partial charge is 0.411 e. The second-order valence-corrected chi connectivity index (χ2v) is 22.8. The summed E-state index contributed by atoms with van der Waals surface area (Å²) in [7, 11) is 0.953. The minimum Gasteiger partial charge on any atom is -0.506 e. The predicted octanol–water partition coefficient (Wildman–Crippen LogP) is 12.8. The Kier molecular flexibility index (Phi) is 15.2. The summed E-state index contributed by atoms with van der Waals surface area (Å²) in [6.07, 6.45) is -25.3. The molecule has 4 heterocycles. The summed E-state index contributed by atoms with van der Waals surface area (Å²) in [6, 6.07) is 18.5. The van der Waals surface area contributed by atoms with E-state index in [1.165, 1.54) is 31.2 Å². The Labute approximate surface area is 541 Å². The van der Waals surface area contributed by atoms with Gasteiger partial charge in [-0.05, 0) is 148 Å². The number of hydrogen-bond donors (Lipinski definition) is 2. The number of carbonyl (C=O) groups is 10. The molecule has 0 fully saturated rings. The molecule has 4 aliphatic rings. The standard InChI is InChI=1S/C68H38F12N4O14/c1-30-4-5-35(23-54(30)98-31(2)86)32-6-17-49(36(20-32)28-97-29-85)82-57(91)42-14-10-38(25-46(42)60(82)94)64(67(75,76)77,68(78,79)80)40-12-16-44-48(27-40)62(96)84(59(44)93)51-19-8-34(22-53(51)88)33-7-18-50(52(87)21-33)83-58(92)43-15-11-39(26-47(43)61(83)95)63(65(69,70)71,66(72,73)74)37-9-13-41-45(24-37)56(90)81(3)55(41)89/h4-27,29,87-88H,28H2,1-3H3. The molecule has 0 aliphatic carbocycles. The van der Waals surface area contributed by atoms with Crippen molar-refractivity contribution < 1.29 is 120 Å². The second-order valence-electron chi connectivity index (χ2n) is 22.8. The average Bonchev–Trinajstić information content (AvgIpc) is 1.13. The Bertz CT molecular complexity index is 4930. The lowest BCUT2D eigenvalue weighted by atomic mass is 9.71. The van der Waals surface area contributed by atoms with E-state index in [2.05, 4.69) is 0 Å². The summed E-state index contributed by atoms with van der Waals surface area (Å²) in [5.41, 5.74) is -23.7. The Morgan fingerprint density at radius 3 is 1.07 bits per heavy atom. The second kappa shape index (κ2) is 22.6. The third kappa shape index (κ3) is 9.73. The first-order valence-electron chi connectivity index (χ1n) is 28.4. The fourth-order valence-electron chi connectivity index (χ4n) is 12.7. The van der Waals surface area contributed by atoms with E-state index >= 15 is 52.7 Å². The number of phenols is 2. The van der Waals surface area contributed by atoms with Crippen molar-refractivity contribution in [2.45, 2.75) is 56.0 Å². The lowest BCUT2D eigenvalue weighted by molar-refractivity contribution is -0.290. The van der Waals surface area contributed by atoms with Gasteiger partial charge in [0.05, 0.1) is 61.6 Å². The molecule has 12 rings (SSSR count). The molecule has 8 amide bonds. The molecule has 18 nitrogen and oxygen atoms in total. The first-order valence-corrected chi connectivity index (χ1v) is 28.4. The van der Waals surface area contributed by atoms with E-state index in [9.17, 15) is 58.2 Å². The molecule has 0 saturated heterocycles. The number of benzene rings is 8. The molecule has 4 aliphatic heterocycles. The first kappa shape index (κ1) is 66.1. The summed E-state index contributed by atoms with van der Waals surface area (Å²) in [5.74, 6) is -13.0. The number of halogens is 12. The molecule has 0 unspecified atom stereocenters. The van der Waals surface area contributed by atoms with E-state index in [0.717, 1.165) is 43.4 Å². The highest BCUT2D eigenvalue weighted by atomic mass is 19.4. The third-order valence-electron chi connectivity index (χ3n) is 17.4. The monoisotopic (exact) mass is 1360 g/mol. The summed E-state index contributed by atoms with van der Waals surface area (Å²) in [5, 5.41) is 22.7. The van der Waals surface area contributed by atoms with E-state index in [1.807, 2.05) is 0 Å². The highest BCUT2D eigenvalue weighted by Crippen LogP contribution is 2.59. The van der Waals surface area contributed by atoms with Gasteiger partial charge in [0.1, 0.15) is 23.9 Å². The van der Waals surface area contributed by atoms with E-state index in [1.54, 1.807) is 19.1 Å². The van der Waals surface area contributed by atoms with Crippen LogP contribution in [0.4, 0.5) is 69.7 Å². The summed E-state index contributed by atoms with van der Waals surface area (Å²) in [6.45, 7) is 2.22. The van der Waals surface area contributed by atoms with Crippen molar-refractivity contribution in [3.63, 3.8) is 0 Å². The van der Waals surface area contributed by atoms with Crippen molar-refractivity contribution >= 4 is 76.8 Å². The quantitative estimate of drug-likeness (QED) is 0.0359. The minimum atomic E-state index is -6.40. The highest BCUT2D eigenvalue weighted by Gasteiger charge is 2.74. The number of aromatic hydroxyl groups is 2. The zero-order chi connectivity index (χ0) is 71.2. The van der Waals surface area contributed by atoms with Crippen molar-refractivity contribution in [3.8, 4) is 39.5 Å². The predicted molar refractivity (Wildman–Crippen MR) is 315 cm³/mol. The highest BCUT2D eigenvalue weighted by molar-refractivity contribution is 6.37. The Balaban J connectivity index is 0.823. The molecule has 498 valence electrons. The molecular formula is C68H38F12N4O14. The van der Waals surface area contributed by atoms with Crippen molar-refractivity contribution in [2.24, 2.45) is 0 Å². The van der Waals surface area contributed by atoms with Crippen molar-refractivity contribution in [3.05, 3.63) is 223 Å². The molecule has 0 saturated carbocycles. The number of hydrogen-bond acceptors (Lipinski definition) is 14. The van der Waals surface area contributed by atoms with Crippen LogP contribution in [0.3, 0.4) is 0 Å². The number of nitrogens with zero attached hydrogens (tertiary/aromatic N) is 4. The fraction of sp³-hybridized carbons (Fsp3) is 0.147. The first-order chi connectivity index (χ1) is 45.9. The number of ether oxygens (including phenoxy) is 2. The third-order valence-corrected chi connectivity index (χ3v) is 17.4. The molecule has 8 aromatic rings. The number of imide groups is 4. The van der Waals surface area contributed by atoms with Crippen LogP contribution in [0.15, 0.2) is 146 Å². The van der Waals surface area contributed by atoms with Crippen LogP contribution in [0.25, 0.3) is 22.3 Å². The van der Waals surface area contributed by atoms with Crippen LogP contribution >= 0.6 is 0 Å². The van der Waals surface area contributed by atoms with Gasteiger partial charge >= 0.3 is 30.7 Å². The van der Waals surface area contributed by atoms with E-state index in [0.29, 0.717) is 69.0 Å². The van der Waals surface area contributed by atoms with Gasteiger partial charge in [-0.2, -0.15) is 52.7 Å². The van der Waals surface area contributed by atoms with Crippen LogP contribution in [-0.2, 0) is 31.8 Å². The number of carbonyl (C=O) groups excluding carboxylic acids is 10. The van der Waals surface area contributed by atoms with Gasteiger partial charge in [0.25, 0.3) is 53.7 Å². The van der Waals surface area contributed by atoms with E-state index < -0.39 is 185 Å². The number of esters is 1. The Morgan fingerprint density at radius 2 is 0.714 bits per heavy atom. The van der Waals surface area contributed by atoms with Gasteiger partial charge in [-0.15, -0.1) is 0 Å². The van der Waals surface area contributed by atoms with Gasteiger partial charge in [0.15, 0.2) is 0 Å². The maximum absolute atomic E-state index is 15.8. The minimum absolute atomic E-state index is 0.0238. The molecule has 0 aromatic heterocycles. The van der Waals surface area contributed by atoms with Gasteiger partial charge in [-0.1, -0.05) is 54.6 Å². The molecule has 0 atom stereocenters. The van der Waals surface area contributed by atoms with Crippen LogP contribution in [0.5, 0.6) is 17.2 Å². The van der Waals surface area contributed by atoms with Crippen LogP contribution in [0, 0.1) is 6.92 Å². The fourth-order valence-corrected chi connectivity index (χ4v) is 12.7. The van der Waals surface area contributed by atoms with E-state index in [-0.39, 0.29) is 74.7 Å². The molecule has 8 aromatic carbocycles. The summed E-state index contributed by atoms with van der Waals surface area (Å²) >= 11 is 0. The normalized spacial score (nSPS) is 15.0. The maximum atomic E-state index is 15.8. The number of alkyl halides is 12. The Morgan fingerprint density at radius 1 is 0.408 bits per heavy atom. The number of aryl methyl sites for hydroxylation is 1. The van der Waals surface area contributed by atoms with E-state index in [4.69, 9.17) is 9.47 Å². The molecular weight excluding hydrogens is 1320 g/mol. The number of rotatable bonds is 13. The van der Waals surface area contributed by atoms with Crippen LogP contribution < -0.4 is 19.4 Å². The number of fused-ring (bicyclic) bond motifs is 4. The zero-order valence-electron chi connectivity index (χ0n) is 49.8. The van der Waals surface area contributed by atoms with Crippen LogP contribution in [-0.4, -0.2) is 107 Å². The van der Waals surface area contributed by atoms with Crippen LogP contribution in [0.2, 0.25) is 0 Å². The van der Waals surface area contributed by atoms with Gasteiger partial charge in [-0.25, -0.2) is 14.7 Å². The molecule has 0 spiro atoms. The number of amides is 8. The molecule has 0 bridgehead atoms. The number of anilines is 3. The topological polar surface area (TPSA) is 243 Å². The van der Waals surface area contributed by atoms with Crippen molar-refractivity contribution in [2.75, 3.05) is 21.7 Å². The molecule has 0 radical (unpaired) electrons. The Hall–Kier alpha value is -12.0. The van der Waals surface area contributed by atoms with Gasteiger partial charge in [0, 0.05) is 19.5 Å². The summed E-state index contributed by atoms with van der Waals surface area (Å²) in [4.78, 5) is 134. The summed E-state index contributed by atoms with van der Waals surface area (Å²) < 4.78 is 197. The van der Waals surface area contributed by atoms with Gasteiger partial charge in [-0.3, -0.25) is 52.8 Å². The molecule has 30 heteroatoms. The number of phenolic OH excluding ortho intramolecular Hbond substituents is 2. The molecule has 2 N–H and O–H groups in total. The average molecular weight is 1360 g/mol. The lowest BCUT2D eigenvalue weighted by Gasteiger charge is -2.38. The van der Waals surface area contributed by atoms with Crippen molar-refractivity contribution in [1.82, 2.24) is 4.90 Å². The zero-order valence-corrected chi connectivity index (χ0v) is 49.8. The van der Waals surface area contributed by atoms with Gasteiger partial charge in [0.2, 0.25) is 10.8 Å². The van der Waals surface area contributed by atoms with Crippen LogP contribution in [0.1, 0.15) is 123 Å². The SMILES string of the molecule is CC(=O)Oc1cc(-c2ccc(N3C(=O)c4ccc(C(c5ccc6c(c5)C(=O)N(c5ccc(-c7ccc(N8C(=O)c9ccc(C(c%10ccc%11c(c%10)C(=O)N(C)C%11=O)(C(F)(F)F)C(F)(F)F)cc9C8=O)c(O)c7)cc5O)C6=O)(C(F)(F)F)C(F)(F)F)cc4C3=O)c(COC=O)c2)ccc1C. The van der Waals surface area contributed by atoms with Crippen molar-refractivity contribution in [1.29, 1.82) is 0 Å². The lowest BCUT2D eigenvalue weighted by Crippen LogP contribution is -2.55. The largest absolute Gasteiger partial charge is 0.506 e. The maximum Gasteiger partial charge on any atom is 0.411 e. The molecule has 98 heavy (non-hydrogen) atoms. The van der Waals surface area contributed by atoms with Gasteiger partial charge < -0.3 is 19.7 Å².